The minimum absolute atomic E-state index is 0.108. The Bertz CT molecular complexity index is 1310. The van der Waals surface area contributed by atoms with E-state index in [0.717, 1.165) is 18.4 Å². The smallest absolute Gasteiger partial charge is 0.350 e. The van der Waals surface area contributed by atoms with Crippen molar-refractivity contribution in [1.29, 1.82) is 0 Å². The fraction of sp³-hybridized carbons (Fsp3) is 0.316. The van der Waals surface area contributed by atoms with Gasteiger partial charge in [-0.05, 0) is 36.8 Å². The first-order valence-corrected chi connectivity index (χ1v) is 11.4. The summed E-state index contributed by atoms with van der Waals surface area (Å²) >= 11 is 0. The molecule has 32 heavy (non-hydrogen) atoms. The predicted octanol–water partition coefficient (Wildman–Crippen LogP) is 2.53. The molecule has 13 heteroatoms. The number of pyridine rings is 1. The molecular weight excluding hydrogens is 449 g/mol. The maximum Gasteiger partial charge on any atom is 0.416 e. The van der Waals surface area contributed by atoms with Crippen molar-refractivity contribution in [3.8, 4) is 0 Å². The van der Waals surface area contributed by atoms with Crippen LogP contribution < -0.4 is 16.2 Å². The number of benzene rings is 1. The molecule has 4 rings (SSSR count). The fourth-order valence-electron chi connectivity index (χ4n) is 3.46. The molecule has 3 heterocycles. The molecule has 0 radical (unpaired) electrons. The monoisotopic (exact) mass is 468 g/mol. The molecule has 1 fully saturated rings. The van der Waals surface area contributed by atoms with Gasteiger partial charge in [0.15, 0.2) is 0 Å². The first kappa shape index (κ1) is 22.0. The summed E-state index contributed by atoms with van der Waals surface area (Å²) in [7, 11) is -3.32. The number of halogens is 3. The highest BCUT2D eigenvalue weighted by atomic mass is 32.2. The number of aromatic nitrogens is 3. The van der Waals surface area contributed by atoms with Crippen LogP contribution in [0.15, 0.2) is 41.3 Å². The summed E-state index contributed by atoms with van der Waals surface area (Å²) in [6, 6.07) is 5.66. The molecule has 1 unspecified atom stereocenters. The Hall–Kier alpha value is -3.19. The van der Waals surface area contributed by atoms with Gasteiger partial charge < -0.3 is 15.6 Å². The number of nitrogens with one attached hydrogen (secondary N) is 3. The van der Waals surface area contributed by atoms with Crippen molar-refractivity contribution in [1.82, 2.24) is 19.3 Å². The van der Waals surface area contributed by atoms with Crippen molar-refractivity contribution < 1.29 is 21.6 Å². The molecule has 2 aromatic heterocycles. The normalized spacial score (nSPS) is 17.6. The van der Waals surface area contributed by atoms with Gasteiger partial charge in [0.2, 0.25) is 16.0 Å². The molecule has 3 aromatic rings. The molecule has 0 spiro atoms. The molecule has 1 atom stereocenters. The number of H-pyrrole nitrogens is 1. The number of rotatable bonds is 5. The second kappa shape index (κ2) is 8.06. The zero-order valence-corrected chi connectivity index (χ0v) is 17.6. The van der Waals surface area contributed by atoms with E-state index in [1.54, 1.807) is 6.07 Å². The molecule has 1 aliphatic heterocycles. The third kappa shape index (κ3) is 4.67. The molecule has 0 aliphatic carbocycles. The van der Waals surface area contributed by atoms with E-state index < -0.39 is 27.3 Å². The van der Waals surface area contributed by atoms with E-state index >= 15 is 0 Å². The lowest BCUT2D eigenvalue weighted by Gasteiger charge is -2.16. The SMILES string of the molecule is CS(=O)(=O)N1CCC(Nc2nc(Nc3ccc(C(F)(F)F)cc3)c3c(=O)[nH]ccc3n2)C1. The molecule has 9 nitrogen and oxygen atoms in total. The van der Waals surface area contributed by atoms with Gasteiger partial charge in [-0.25, -0.2) is 17.7 Å². The van der Waals surface area contributed by atoms with E-state index in [4.69, 9.17) is 0 Å². The van der Waals surface area contributed by atoms with Gasteiger partial charge in [0, 0.05) is 31.0 Å². The third-order valence-electron chi connectivity index (χ3n) is 5.05. The van der Waals surface area contributed by atoms with E-state index in [1.165, 1.54) is 22.6 Å². The van der Waals surface area contributed by atoms with Crippen LogP contribution in [0.5, 0.6) is 0 Å². The Balaban J connectivity index is 1.65. The van der Waals surface area contributed by atoms with Crippen LogP contribution in [0.25, 0.3) is 10.9 Å². The zero-order valence-electron chi connectivity index (χ0n) is 16.8. The molecule has 1 saturated heterocycles. The van der Waals surface area contributed by atoms with E-state index in [0.29, 0.717) is 24.2 Å². The summed E-state index contributed by atoms with van der Waals surface area (Å²) in [6.07, 6.45) is -1.36. The van der Waals surface area contributed by atoms with Crippen LogP contribution in [-0.2, 0) is 16.2 Å². The highest BCUT2D eigenvalue weighted by Gasteiger charge is 2.30. The van der Waals surface area contributed by atoms with Crippen LogP contribution in [0.2, 0.25) is 0 Å². The molecule has 3 N–H and O–H groups in total. The van der Waals surface area contributed by atoms with E-state index in [9.17, 15) is 26.4 Å². The lowest BCUT2D eigenvalue weighted by Crippen LogP contribution is -2.31. The van der Waals surface area contributed by atoms with Crippen molar-refractivity contribution in [3.63, 3.8) is 0 Å². The Morgan fingerprint density at radius 2 is 1.88 bits per heavy atom. The number of fused-ring (bicyclic) bond motifs is 1. The molecule has 0 saturated carbocycles. The number of hydrogen-bond acceptors (Lipinski definition) is 7. The highest BCUT2D eigenvalue weighted by Crippen LogP contribution is 2.31. The number of sulfonamides is 1. The van der Waals surface area contributed by atoms with Gasteiger partial charge in [-0.2, -0.15) is 18.2 Å². The van der Waals surface area contributed by atoms with Gasteiger partial charge in [-0.3, -0.25) is 4.79 Å². The second-order valence-corrected chi connectivity index (χ2v) is 9.40. The summed E-state index contributed by atoms with van der Waals surface area (Å²) < 4.78 is 63.3. The van der Waals surface area contributed by atoms with Crippen molar-refractivity contribution in [2.45, 2.75) is 18.6 Å². The third-order valence-corrected chi connectivity index (χ3v) is 6.32. The van der Waals surface area contributed by atoms with Gasteiger partial charge in [-0.1, -0.05) is 0 Å². The molecule has 0 bridgehead atoms. The Morgan fingerprint density at radius 3 is 2.50 bits per heavy atom. The summed E-state index contributed by atoms with van der Waals surface area (Å²) in [5.74, 6) is 0.273. The molecule has 1 aliphatic rings. The van der Waals surface area contributed by atoms with Gasteiger partial charge in [0.05, 0.1) is 17.3 Å². The second-order valence-electron chi connectivity index (χ2n) is 7.41. The average Bonchev–Trinajstić information content (AvgIpc) is 3.16. The van der Waals surface area contributed by atoms with Crippen LogP contribution in [0.1, 0.15) is 12.0 Å². The van der Waals surface area contributed by atoms with Gasteiger partial charge in [0.25, 0.3) is 5.56 Å². The Morgan fingerprint density at radius 1 is 1.16 bits per heavy atom. The molecular formula is C19H19F3N6O3S. The van der Waals surface area contributed by atoms with E-state index in [-0.39, 0.29) is 29.7 Å². The standard InChI is InChI=1S/C19H19F3N6O3S/c1-32(30,31)28-9-7-13(10-28)25-18-26-14-6-8-23-17(29)15(14)16(27-18)24-12-4-2-11(3-5-12)19(20,21)22/h2-6,8,13H,7,9-10H2,1H3,(H,23,29)(H2,24,25,26,27). The van der Waals surface area contributed by atoms with Crippen molar-refractivity contribution in [2.75, 3.05) is 30.0 Å². The minimum Gasteiger partial charge on any atom is -0.350 e. The molecule has 170 valence electrons. The summed E-state index contributed by atoms with van der Waals surface area (Å²) in [6.45, 7) is 0.609. The number of nitrogens with zero attached hydrogens (tertiary/aromatic N) is 3. The first-order valence-electron chi connectivity index (χ1n) is 9.56. The van der Waals surface area contributed by atoms with Gasteiger partial charge in [-0.15, -0.1) is 0 Å². The van der Waals surface area contributed by atoms with Gasteiger partial charge >= 0.3 is 6.18 Å². The lowest BCUT2D eigenvalue weighted by atomic mass is 10.2. The summed E-state index contributed by atoms with van der Waals surface area (Å²) in [4.78, 5) is 23.6. The van der Waals surface area contributed by atoms with E-state index in [1.807, 2.05) is 0 Å². The average molecular weight is 468 g/mol. The topological polar surface area (TPSA) is 120 Å². The van der Waals surface area contributed by atoms with Crippen LogP contribution in [-0.4, -0.2) is 53.1 Å². The number of hydrogen-bond donors (Lipinski definition) is 3. The van der Waals surface area contributed by atoms with Crippen LogP contribution >= 0.6 is 0 Å². The van der Waals surface area contributed by atoms with Crippen LogP contribution in [0.3, 0.4) is 0 Å². The summed E-state index contributed by atoms with van der Waals surface area (Å²) in [5, 5.41) is 6.10. The largest absolute Gasteiger partial charge is 0.416 e. The van der Waals surface area contributed by atoms with E-state index in [2.05, 4.69) is 25.6 Å². The number of anilines is 3. The zero-order chi connectivity index (χ0) is 23.1. The molecule has 0 amide bonds. The number of alkyl halides is 3. The quantitative estimate of drug-likeness (QED) is 0.526. The summed E-state index contributed by atoms with van der Waals surface area (Å²) in [5.41, 5.74) is -0.644. The van der Waals surface area contributed by atoms with Crippen LogP contribution in [0.4, 0.5) is 30.6 Å². The Kier molecular flexibility index (Phi) is 5.54. The number of aromatic amines is 1. The van der Waals surface area contributed by atoms with Crippen LogP contribution in [0, 0.1) is 0 Å². The van der Waals surface area contributed by atoms with Crippen molar-refractivity contribution in [3.05, 3.63) is 52.4 Å². The maximum atomic E-state index is 12.8. The highest BCUT2D eigenvalue weighted by molar-refractivity contribution is 7.88. The predicted molar refractivity (Wildman–Crippen MR) is 113 cm³/mol. The van der Waals surface area contributed by atoms with Crippen molar-refractivity contribution in [2.24, 2.45) is 0 Å². The maximum absolute atomic E-state index is 12.8. The van der Waals surface area contributed by atoms with Crippen molar-refractivity contribution >= 4 is 38.4 Å². The fourth-order valence-corrected chi connectivity index (χ4v) is 4.34. The Labute approximate surface area is 180 Å². The first-order chi connectivity index (χ1) is 15.0. The molecule has 1 aromatic carbocycles. The van der Waals surface area contributed by atoms with Gasteiger partial charge in [0.1, 0.15) is 11.2 Å². The minimum atomic E-state index is -4.46. The lowest BCUT2D eigenvalue weighted by molar-refractivity contribution is -0.137.